The van der Waals surface area contributed by atoms with Crippen LogP contribution in [0.4, 0.5) is 0 Å². The molecule has 0 spiro atoms. The summed E-state index contributed by atoms with van der Waals surface area (Å²) >= 11 is 0. The van der Waals surface area contributed by atoms with Gasteiger partial charge in [0.2, 0.25) is 10.0 Å². The van der Waals surface area contributed by atoms with Crippen LogP contribution >= 0.6 is 0 Å². The Hall–Kier alpha value is -1.85. The first-order valence-corrected chi connectivity index (χ1v) is 8.05. The zero-order valence-corrected chi connectivity index (χ0v) is 11.8. The second-order valence-electron chi connectivity index (χ2n) is 4.43. The Bertz CT molecular complexity index is 654. The van der Waals surface area contributed by atoms with Gasteiger partial charge in [0.05, 0.1) is 12.4 Å². The molecule has 0 heterocycles. The number of hydrogen-bond donors (Lipinski definition) is 1. The first kappa shape index (κ1) is 14.6. The van der Waals surface area contributed by atoms with Gasteiger partial charge in [0.15, 0.2) is 0 Å². The van der Waals surface area contributed by atoms with Crippen molar-refractivity contribution in [3.05, 3.63) is 54.6 Å². The third-order valence-electron chi connectivity index (χ3n) is 2.80. The van der Waals surface area contributed by atoms with Crippen LogP contribution in [0.25, 0.3) is 11.1 Å². The summed E-state index contributed by atoms with van der Waals surface area (Å²) in [7, 11) is -3.42. The van der Waals surface area contributed by atoms with Crippen molar-refractivity contribution in [3.8, 4) is 16.9 Å². The van der Waals surface area contributed by atoms with E-state index in [2.05, 4.69) is 0 Å². The van der Waals surface area contributed by atoms with Crippen molar-refractivity contribution < 1.29 is 13.2 Å². The third-order valence-corrected chi connectivity index (χ3v) is 3.66. The van der Waals surface area contributed by atoms with Gasteiger partial charge in [-0.25, -0.2) is 13.6 Å². The van der Waals surface area contributed by atoms with Crippen LogP contribution in [0.1, 0.15) is 6.42 Å². The highest BCUT2D eigenvalue weighted by atomic mass is 32.2. The predicted molar refractivity (Wildman–Crippen MR) is 80.0 cm³/mol. The topological polar surface area (TPSA) is 69.4 Å². The van der Waals surface area contributed by atoms with E-state index in [1.54, 1.807) is 0 Å². The second-order valence-corrected chi connectivity index (χ2v) is 6.17. The molecule has 106 valence electrons. The maximum absolute atomic E-state index is 10.9. The molecule has 0 unspecified atom stereocenters. The van der Waals surface area contributed by atoms with Crippen molar-refractivity contribution in [3.63, 3.8) is 0 Å². The first-order chi connectivity index (χ1) is 9.56. The van der Waals surface area contributed by atoms with Crippen molar-refractivity contribution in [1.29, 1.82) is 0 Å². The van der Waals surface area contributed by atoms with Crippen LogP contribution in [-0.2, 0) is 10.0 Å². The summed E-state index contributed by atoms with van der Waals surface area (Å²) in [6.45, 7) is 0.320. The van der Waals surface area contributed by atoms with Crippen molar-refractivity contribution in [2.75, 3.05) is 12.4 Å². The van der Waals surface area contributed by atoms with E-state index < -0.39 is 10.0 Å². The average Bonchev–Trinajstić information content (AvgIpc) is 2.44. The minimum atomic E-state index is -3.42. The summed E-state index contributed by atoms with van der Waals surface area (Å²) in [5.41, 5.74) is 2.05. The molecule has 0 bridgehead atoms. The average molecular weight is 291 g/mol. The number of benzene rings is 2. The molecular formula is C15H17NO3S. The molecule has 0 fully saturated rings. The highest BCUT2D eigenvalue weighted by molar-refractivity contribution is 7.89. The molecular weight excluding hydrogens is 274 g/mol. The summed E-state index contributed by atoms with van der Waals surface area (Å²) in [6.07, 6.45) is 0.377. The molecule has 5 heteroatoms. The fourth-order valence-electron chi connectivity index (χ4n) is 1.89. The van der Waals surface area contributed by atoms with E-state index in [1.807, 2.05) is 54.6 Å². The van der Waals surface area contributed by atoms with Crippen LogP contribution in [0.2, 0.25) is 0 Å². The monoisotopic (exact) mass is 291 g/mol. The van der Waals surface area contributed by atoms with Gasteiger partial charge in [0.1, 0.15) is 5.75 Å². The largest absolute Gasteiger partial charge is 0.493 e. The fraction of sp³-hybridized carbons (Fsp3) is 0.200. The standard InChI is InChI=1S/C15H17NO3S/c16-20(17,18)12-6-11-19-15-10-5-4-9-14(15)13-7-2-1-3-8-13/h1-5,7-10H,6,11-12H2,(H2,16,17,18). The Morgan fingerprint density at radius 3 is 2.30 bits per heavy atom. The highest BCUT2D eigenvalue weighted by Gasteiger charge is 2.06. The van der Waals surface area contributed by atoms with E-state index in [9.17, 15) is 8.42 Å². The van der Waals surface area contributed by atoms with E-state index in [0.29, 0.717) is 13.0 Å². The summed E-state index contributed by atoms with van der Waals surface area (Å²) in [6, 6.07) is 17.6. The predicted octanol–water partition coefficient (Wildman–Crippen LogP) is 2.41. The minimum absolute atomic E-state index is 0.0689. The molecule has 2 rings (SSSR count). The molecule has 0 radical (unpaired) electrons. The van der Waals surface area contributed by atoms with Crippen molar-refractivity contribution in [2.45, 2.75) is 6.42 Å². The Kier molecular flexibility index (Phi) is 4.76. The fourth-order valence-corrected chi connectivity index (χ4v) is 2.41. The lowest BCUT2D eigenvalue weighted by Crippen LogP contribution is -2.18. The molecule has 0 aliphatic rings. The smallest absolute Gasteiger partial charge is 0.209 e. The van der Waals surface area contributed by atoms with Gasteiger partial charge in [-0.15, -0.1) is 0 Å². The van der Waals surface area contributed by atoms with Gasteiger partial charge >= 0.3 is 0 Å². The number of hydrogen-bond acceptors (Lipinski definition) is 3. The van der Waals surface area contributed by atoms with Gasteiger partial charge in [-0.05, 0) is 18.1 Å². The zero-order chi connectivity index (χ0) is 14.4. The Balaban J connectivity index is 2.06. The summed E-state index contributed by atoms with van der Waals surface area (Å²) < 4.78 is 27.4. The van der Waals surface area contributed by atoms with Crippen LogP contribution in [0.5, 0.6) is 5.75 Å². The lowest BCUT2D eigenvalue weighted by Gasteiger charge is -2.11. The van der Waals surface area contributed by atoms with Crippen LogP contribution in [0, 0.1) is 0 Å². The Labute approximate surface area is 119 Å². The molecule has 0 saturated carbocycles. The van der Waals surface area contributed by atoms with Crippen molar-refractivity contribution in [2.24, 2.45) is 5.14 Å². The van der Waals surface area contributed by atoms with Gasteiger partial charge in [0, 0.05) is 5.56 Å². The number of ether oxygens (including phenoxy) is 1. The molecule has 0 atom stereocenters. The van der Waals surface area contributed by atoms with Crippen molar-refractivity contribution >= 4 is 10.0 Å². The lowest BCUT2D eigenvalue weighted by atomic mass is 10.1. The van der Waals surface area contributed by atoms with Gasteiger partial charge in [-0.1, -0.05) is 48.5 Å². The van der Waals surface area contributed by atoms with Gasteiger partial charge in [0.25, 0.3) is 0 Å². The summed E-state index contributed by atoms with van der Waals surface area (Å²) in [5, 5.41) is 4.95. The zero-order valence-electron chi connectivity index (χ0n) is 11.0. The number of primary sulfonamides is 1. The van der Waals surface area contributed by atoms with Crippen LogP contribution < -0.4 is 9.88 Å². The van der Waals surface area contributed by atoms with Crippen LogP contribution in [-0.4, -0.2) is 20.8 Å². The third kappa shape index (κ3) is 4.36. The van der Waals surface area contributed by atoms with E-state index in [-0.39, 0.29) is 5.75 Å². The lowest BCUT2D eigenvalue weighted by molar-refractivity contribution is 0.319. The van der Waals surface area contributed by atoms with Gasteiger partial charge in [-0.3, -0.25) is 0 Å². The quantitative estimate of drug-likeness (QED) is 0.831. The molecule has 0 saturated heterocycles. The molecule has 0 aromatic heterocycles. The van der Waals surface area contributed by atoms with E-state index >= 15 is 0 Å². The van der Waals surface area contributed by atoms with E-state index in [0.717, 1.165) is 16.9 Å². The normalized spacial score (nSPS) is 11.2. The minimum Gasteiger partial charge on any atom is -0.493 e. The molecule has 20 heavy (non-hydrogen) atoms. The second kappa shape index (κ2) is 6.54. The number of sulfonamides is 1. The maximum atomic E-state index is 10.9. The number of rotatable bonds is 6. The molecule has 0 aliphatic heterocycles. The highest BCUT2D eigenvalue weighted by Crippen LogP contribution is 2.29. The van der Waals surface area contributed by atoms with Gasteiger partial charge in [-0.2, -0.15) is 0 Å². The molecule has 2 N–H and O–H groups in total. The van der Waals surface area contributed by atoms with Crippen LogP contribution in [0.15, 0.2) is 54.6 Å². The van der Waals surface area contributed by atoms with E-state index in [4.69, 9.17) is 9.88 Å². The summed E-state index contributed by atoms with van der Waals surface area (Å²) in [5.74, 6) is 0.675. The van der Waals surface area contributed by atoms with Crippen LogP contribution in [0.3, 0.4) is 0 Å². The van der Waals surface area contributed by atoms with Crippen molar-refractivity contribution in [1.82, 2.24) is 0 Å². The Morgan fingerprint density at radius 2 is 1.60 bits per heavy atom. The van der Waals surface area contributed by atoms with Gasteiger partial charge < -0.3 is 4.74 Å². The number of para-hydroxylation sites is 1. The maximum Gasteiger partial charge on any atom is 0.209 e. The van der Waals surface area contributed by atoms with E-state index in [1.165, 1.54) is 0 Å². The number of nitrogens with two attached hydrogens (primary N) is 1. The molecule has 0 aliphatic carbocycles. The first-order valence-electron chi connectivity index (χ1n) is 6.34. The molecule has 2 aromatic carbocycles. The molecule has 4 nitrogen and oxygen atoms in total. The Morgan fingerprint density at radius 1 is 0.950 bits per heavy atom. The molecule has 0 amide bonds. The SMILES string of the molecule is NS(=O)(=O)CCCOc1ccccc1-c1ccccc1. The molecule has 2 aromatic rings. The summed E-state index contributed by atoms with van der Waals surface area (Å²) in [4.78, 5) is 0.